The first kappa shape index (κ1) is 16.6. The first-order valence-corrected chi connectivity index (χ1v) is 7.67. The SMILES string of the molecule is COc1cc(C=C2C=C(c3ccccc3)OC2=O)cc(OC)c1OC. The molecule has 0 aromatic heterocycles. The third-order valence-electron chi connectivity index (χ3n) is 3.79. The second-order valence-electron chi connectivity index (χ2n) is 5.32. The van der Waals surface area contributed by atoms with Crippen molar-refractivity contribution in [2.45, 2.75) is 0 Å². The van der Waals surface area contributed by atoms with E-state index in [4.69, 9.17) is 18.9 Å². The van der Waals surface area contributed by atoms with Crippen LogP contribution < -0.4 is 14.2 Å². The van der Waals surface area contributed by atoms with Gasteiger partial charge in [0.1, 0.15) is 5.76 Å². The Hall–Kier alpha value is -3.21. The molecule has 0 aliphatic carbocycles. The van der Waals surface area contributed by atoms with Crippen molar-refractivity contribution in [3.63, 3.8) is 0 Å². The molecule has 2 aromatic rings. The second kappa shape index (κ2) is 7.13. The van der Waals surface area contributed by atoms with E-state index in [2.05, 4.69) is 0 Å². The van der Waals surface area contributed by atoms with Gasteiger partial charge in [0.15, 0.2) is 11.5 Å². The standard InChI is InChI=1S/C20H18O5/c1-22-17-10-13(11-18(23-2)19(17)24-3)9-15-12-16(25-20(15)21)14-7-5-4-6-8-14/h4-12H,1-3H3. The van der Waals surface area contributed by atoms with Gasteiger partial charge in [0.25, 0.3) is 0 Å². The van der Waals surface area contributed by atoms with E-state index in [0.717, 1.165) is 11.1 Å². The van der Waals surface area contributed by atoms with Crippen LogP contribution in [0.1, 0.15) is 11.1 Å². The maximum absolute atomic E-state index is 12.2. The number of hydrogen-bond acceptors (Lipinski definition) is 5. The van der Waals surface area contributed by atoms with Crippen LogP contribution in [0, 0.1) is 0 Å². The van der Waals surface area contributed by atoms with E-state index in [1.54, 1.807) is 45.6 Å². The summed E-state index contributed by atoms with van der Waals surface area (Å²) >= 11 is 0. The Bertz CT molecular complexity index is 825. The Balaban J connectivity index is 2.00. The summed E-state index contributed by atoms with van der Waals surface area (Å²) in [6, 6.07) is 13.0. The molecule has 1 aliphatic heterocycles. The number of benzene rings is 2. The monoisotopic (exact) mass is 338 g/mol. The predicted molar refractivity (Wildman–Crippen MR) is 94.6 cm³/mol. The van der Waals surface area contributed by atoms with Crippen LogP contribution >= 0.6 is 0 Å². The molecule has 0 spiro atoms. The molecule has 1 heterocycles. The molecule has 0 radical (unpaired) electrons. The molecular weight excluding hydrogens is 320 g/mol. The van der Waals surface area contributed by atoms with E-state index in [9.17, 15) is 4.79 Å². The molecule has 0 unspecified atom stereocenters. The van der Waals surface area contributed by atoms with Crippen molar-refractivity contribution in [3.05, 3.63) is 65.2 Å². The highest BCUT2D eigenvalue weighted by molar-refractivity contribution is 6.05. The zero-order chi connectivity index (χ0) is 17.8. The zero-order valence-corrected chi connectivity index (χ0v) is 14.2. The average molecular weight is 338 g/mol. The van der Waals surface area contributed by atoms with Crippen molar-refractivity contribution < 1.29 is 23.7 Å². The number of carbonyl (C=O) groups is 1. The Morgan fingerprint density at radius 1 is 0.920 bits per heavy atom. The normalized spacial score (nSPS) is 14.9. The number of carbonyl (C=O) groups excluding carboxylic acids is 1. The molecule has 128 valence electrons. The number of cyclic esters (lactones) is 1. The summed E-state index contributed by atoms with van der Waals surface area (Å²) in [7, 11) is 4.64. The van der Waals surface area contributed by atoms with E-state index in [1.165, 1.54) is 0 Å². The Morgan fingerprint density at radius 3 is 2.12 bits per heavy atom. The van der Waals surface area contributed by atoms with Crippen LogP contribution in [0.3, 0.4) is 0 Å². The summed E-state index contributed by atoms with van der Waals surface area (Å²) in [5.74, 6) is 1.68. The lowest BCUT2D eigenvalue weighted by Crippen LogP contribution is -1.98. The van der Waals surface area contributed by atoms with Crippen molar-refractivity contribution in [1.29, 1.82) is 0 Å². The van der Waals surface area contributed by atoms with E-state index in [0.29, 0.717) is 28.6 Å². The minimum atomic E-state index is -0.396. The van der Waals surface area contributed by atoms with Crippen LogP contribution in [0.25, 0.3) is 11.8 Å². The molecule has 5 nitrogen and oxygen atoms in total. The Kier molecular flexibility index (Phi) is 4.75. The molecule has 0 saturated carbocycles. The van der Waals surface area contributed by atoms with Crippen molar-refractivity contribution in [2.75, 3.05) is 21.3 Å². The number of rotatable bonds is 5. The number of methoxy groups -OCH3 is 3. The smallest absolute Gasteiger partial charge is 0.343 e. The third-order valence-corrected chi connectivity index (χ3v) is 3.79. The van der Waals surface area contributed by atoms with Crippen LogP contribution in [0.15, 0.2) is 54.1 Å². The van der Waals surface area contributed by atoms with Crippen molar-refractivity contribution in [3.8, 4) is 17.2 Å². The number of esters is 1. The molecule has 0 amide bonds. The first-order valence-electron chi connectivity index (χ1n) is 7.67. The van der Waals surface area contributed by atoms with Gasteiger partial charge in [-0.05, 0) is 29.8 Å². The van der Waals surface area contributed by atoms with Crippen LogP contribution in [0.5, 0.6) is 17.2 Å². The summed E-state index contributed by atoms with van der Waals surface area (Å²) in [4.78, 5) is 12.2. The molecule has 0 bridgehead atoms. The third kappa shape index (κ3) is 3.35. The van der Waals surface area contributed by atoms with Crippen LogP contribution in [-0.2, 0) is 9.53 Å². The molecule has 25 heavy (non-hydrogen) atoms. The summed E-state index contributed by atoms with van der Waals surface area (Å²) in [6.07, 6.45) is 3.45. The molecule has 3 rings (SSSR count). The highest BCUT2D eigenvalue weighted by Gasteiger charge is 2.22. The predicted octanol–water partition coefficient (Wildman–Crippen LogP) is 3.69. The summed E-state index contributed by atoms with van der Waals surface area (Å²) in [5, 5.41) is 0. The molecule has 5 heteroatoms. The second-order valence-corrected chi connectivity index (χ2v) is 5.32. The average Bonchev–Trinajstić information content (AvgIpc) is 3.02. The van der Waals surface area contributed by atoms with Gasteiger partial charge in [0.2, 0.25) is 5.75 Å². The zero-order valence-electron chi connectivity index (χ0n) is 14.2. The summed E-state index contributed by atoms with van der Waals surface area (Å²) in [5.41, 5.74) is 2.05. The van der Waals surface area contributed by atoms with Crippen LogP contribution in [0.4, 0.5) is 0 Å². The number of ether oxygens (including phenoxy) is 4. The molecule has 0 saturated heterocycles. The van der Waals surface area contributed by atoms with Gasteiger partial charge in [0, 0.05) is 5.56 Å². The van der Waals surface area contributed by atoms with Crippen LogP contribution in [0.2, 0.25) is 0 Å². The van der Waals surface area contributed by atoms with Gasteiger partial charge >= 0.3 is 5.97 Å². The molecule has 0 atom stereocenters. The minimum absolute atomic E-state index is 0.396. The molecule has 1 aliphatic rings. The van der Waals surface area contributed by atoms with Gasteiger partial charge in [-0.25, -0.2) is 4.79 Å². The van der Waals surface area contributed by atoms with Gasteiger partial charge in [-0.15, -0.1) is 0 Å². The lowest BCUT2D eigenvalue weighted by molar-refractivity contribution is -0.130. The van der Waals surface area contributed by atoms with Gasteiger partial charge in [0.05, 0.1) is 26.9 Å². The van der Waals surface area contributed by atoms with Gasteiger partial charge < -0.3 is 18.9 Å². The number of hydrogen-bond donors (Lipinski definition) is 0. The molecule has 0 N–H and O–H groups in total. The quantitative estimate of drug-likeness (QED) is 0.615. The van der Waals surface area contributed by atoms with E-state index < -0.39 is 5.97 Å². The Morgan fingerprint density at radius 2 is 1.56 bits per heavy atom. The van der Waals surface area contributed by atoms with Crippen molar-refractivity contribution in [1.82, 2.24) is 0 Å². The Labute approximate surface area is 146 Å². The molecular formula is C20H18O5. The minimum Gasteiger partial charge on any atom is -0.493 e. The van der Waals surface area contributed by atoms with Gasteiger partial charge in [-0.1, -0.05) is 30.3 Å². The fourth-order valence-electron chi connectivity index (χ4n) is 2.60. The van der Waals surface area contributed by atoms with E-state index >= 15 is 0 Å². The fraction of sp³-hybridized carbons (Fsp3) is 0.150. The first-order chi connectivity index (χ1) is 12.2. The van der Waals surface area contributed by atoms with Crippen molar-refractivity contribution in [2.24, 2.45) is 0 Å². The van der Waals surface area contributed by atoms with Crippen LogP contribution in [-0.4, -0.2) is 27.3 Å². The lowest BCUT2D eigenvalue weighted by atomic mass is 10.1. The van der Waals surface area contributed by atoms with Crippen molar-refractivity contribution >= 4 is 17.8 Å². The summed E-state index contributed by atoms with van der Waals surface area (Å²) < 4.78 is 21.3. The van der Waals surface area contributed by atoms with Gasteiger partial charge in [-0.3, -0.25) is 0 Å². The topological polar surface area (TPSA) is 54.0 Å². The van der Waals surface area contributed by atoms with E-state index in [-0.39, 0.29) is 0 Å². The summed E-state index contributed by atoms with van der Waals surface area (Å²) in [6.45, 7) is 0. The fourth-order valence-corrected chi connectivity index (χ4v) is 2.60. The lowest BCUT2D eigenvalue weighted by Gasteiger charge is -2.12. The maximum Gasteiger partial charge on any atom is 0.343 e. The largest absolute Gasteiger partial charge is 0.493 e. The molecule has 0 fully saturated rings. The van der Waals surface area contributed by atoms with E-state index in [1.807, 2.05) is 30.3 Å². The van der Waals surface area contributed by atoms with Gasteiger partial charge in [-0.2, -0.15) is 0 Å². The molecule has 2 aromatic carbocycles. The highest BCUT2D eigenvalue weighted by Crippen LogP contribution is 2.39. The maximum atomic E-state index is 12.2. The highest BCUT2D eigenvalue weighted by atomic mass is 16.5.